The molecular weight excluding hydrogens is 446 g/mol. The third-order valence-corrected chi connectivity index (χ3v) is 6.21. The summed E-state index contributed by atoms with van der Waals surface area (Å²) in [5.41, 5.74) is 3.18. The number of benzene rings is 1. The Morgan fingerprint density at radius 2 is 1.80 bits per heavy atom. The number of carbonyl (C=O) groups excluding carboxylic acids is 3. The van der Waals surface area contributed by atoms with Crippen molar-refractivity contribution >= 4 is 29.3 Å². The van der Waals surface area contributed by atoms with Gasteiger partial charge in [0.05, 0.1) is 24.8 Å². The molecule has 1 unspecified atom stereocenters. The molecule has 2 amide bonds. The summed E-state index contributed by atoms with van der Waals surface area (Å²) in [6, 6.07) is 9.02. The molecule has 3 rings (SSSR count). The predicted molar refractivity (Wildman–Crippen MR) is 136 cm³/mol. The van der Waals surface area contributed by atoms with Crippen molar-refractivity contribution in [1.29, 1.82) is 0 Å². The Kier molecular flexibility index (Phi) is 9.19. The molecule has 2 aromatic rings. The van der Waals surface area contributed by atoms with Gasteiger partial charge in [0, 0.05) is 38.1 Å². The smallest absolute Gasteiger partial charge is 0.339 e. The highest BCUT2D eigenvalue weighted by Crippen LogP contribution is 2.19. The van der Waals surface area contributed by atoms with Crippen LogP contribution in [0.2, 0.25) is 0 Å². The maximum absolute atomic E-state index is 12.7. The van der Waals surface area contributed by atoms with Crippen LogP contribution >= 0.6 is 0 Å². The molecule has 2 N–H and O–H groups in total. The van der Waals surface area contributed by atoms with E-state index in [9.17, 15) is 14.4 Å². The number of anilines is 2. The van der Waals surface area contributed by atoms with Crippen LogP contribution in [-0.4, -0.2) is 73.0 Å². The second-order valence-corrected chi connectivity index (χ2v) is 8.71. The number of pyridine rings is 1. The third-order valence-electron chi connectivity index (χ3n) is 6.21. The molecule has 0 bridgehead atoms. The number of hydrogen-bond acceptors (Lipinski definition) is 7. The first-order valence-electron chi connectivity index (χ1n) is 12.1. The number of esters is 1. The zero-order valence-electron chi connectivity index (χ0n) is 21.0. The SMILES string of the molecule is CCOC(=O)c1ccc(N2CCCN(C(C)C(=O)NCC(=O)Nc3c(C)cccc3C)CC2)nc1. The number of aromatic nitrogens is 1. The lowest BCUT2D eigenvalue weighted by Crippen LogP contribution is -2.48. The fourth-order valence-corrected chi connectivity index (χ4v) is 4.14. The van der Waals surface area contributed by atoms with Crippen LogP contribution in [0.3, 0.4) is 0 Å². The van der Waals surface area contributed by atoms with Crippen molar-refractivity contribution in [1.82, 2.24) is 15.2 Å². The van der Waals surface area contributed by atoms with Gasteiger partial charge in [0.15, 0.2) is 0 Å². The van der Waals surface area contributed by atoms with Crippen LogP contribution in [0.25, 0.3) is 0 Å². The highest BCUT2D eigenvalue weighted by atomic mass is 16.5. The topological polar surface area (TPSA) is 104 Å². The summed E-state index contributed by atoms with van der Waals surface area (Å²) in [5.74, 6) is -0.00864. The molecule has 0 saturated carbocycles. The van der Waals surface area contributed by atoms with Crippen molar-refractivity contribution in [3.63, 3.8) is 0 Å². The highest BCUT2D eigenvalue weighted by molar-refractivity contribution is 5.96. The van der Waals surface area contributed by atoms with Crippen LogP contribution in [0.4, 0.5) is 11.5 Å². The summed E-state index contributed by atoms with van der Waals surface area (Å²) in [5, 5.41) is 5.66. The Bertz CT molecular complexity index is 1020. The molecular formula is C26H35N5O4. The lowest BCUT2D eigenvalue weighted by Gasteiger charge is -2.27. The van der Waals surface area contributed by atoms with E-state index in [4.69, 9.17) is 4.74 Å². The van der Waals surface area contributed by atoms with E-state index in [1.54, 1.807) is 13.0 Å². The Balaban J connectivity index is 1.49. The summed E-state index contributed by atoms with van der Waals surface area (Å²) in [6.45, 7) is 10.7. The van der Waals surface area contributed by atoms with E-state index in [0.29, 0.717) is 25.3 Å². The van der Waals surface area contributed by atoms with Crippen LogP contribution in [-0.2, 0) is 14.3 Å². The minimum Gasteiger partial charge on any atom is -0.462 e. The van der Waals surface area contributed by atoms with Gasteiger partial charge in [-0.3, -0.25) is 14.5 Å². The number of nitrogens with zero attached hydrogens (tertiary/aromatic N) is 3. The fourth-order valence-electron chi connectivity index (χ4n) is 4.14. The number of carbonyl (C=O) groups is 3. The molecule has 1 aromatic heterocycles. The second kappa shape index (κ2) is 12.3. The standard InChI is InChI=1S/C26H35N5O4/c1-5-35-26(34)21-10-11-22(27-16-21)31-13-7-12-30(14-15-31)20(4)25(33)28-17-23(32)29-24-18(2)8-6-9-19(24)3/h6,8-11,16,20H,5,7,12-15,17H2,1-4H3,(H,28,33)(H,29,32). The molecule has 1 saturated heterocycles. The van der Waals surface area contributed by atoms with Crippen LogP contribution in [0.5, 0.6) is 0 Å². The molecule has 188 valence electrons. The summed E-state index contributed by atoms with van der Waals surface area (Å²) in [6.07, 6.45) is 2.40. The van der Waals surface area contributed by atoms with E-state index in [1.807, 2.05) is 45.0 Å². The van der Waals surface area contributed by atoms with Gasteiger partial charge in [-0.1, -0.05) is 18.2 Å². The van der Waals surface area contributed by atoms with Crippen LogP contribution in [0.15, 0.2) is 36.5 Å². The molecule has 0 spiro atoms. The van der Waals surface area contributed by atoms with E-state index in [1.165, 1.54) is 6.20 Å². The van der Waals surface area contributed by atoms with Gasteiger partial charge in [-0.05, 0) is 57.4 Å². The van der Waals surface area contributed by atoms with Crippen molar-refractivity contribution < 1.29 is 19.1 Å². The lowest BCUT2D eigenvalue weighted by molar-refractivity contribution is -0.127. The lowest BCUT2D eigenvalue weighted by atomic mass is 10.1. The number of amides is 2. The number of aryl methyl sites for hydroxylation is 2. The molecule has 1 aliphatic rings. The Hall–Kier alpha value is -3.46. The largest absolute Gasteiger partial charge is 0.462 e. The van der Waals surface area contributed by atoms with Gasteiger partial charge in [-0.2, -0.15) is 0 Å². The molecule has 9 nitrogen and oxygen atoms in total. The van der Waals surface area contributed by atoms with Gasteiger partial charge in [0.1, 0.15) is 5.82 Å². The summed E-state index contributed by atoms with van der Waals surface area (Å²) >= 11 is 0. The molecule has 35 heavy (non-hydrogen) atoms. The monoisotopic (exact) mass is 481 g/mol. The van der Waals surface area contributed by atoms with Crippen molar-refractivity contribution in [2.45, 2.75) is 40.2 Å². The van der Waals surface area contributed by atoms with E-state index in [0.717, 1.165) is 42.1 Å². The van der Waals surface area contributed by atoms with Gasteiger partial charge in [-0.25, -0.2) is 9.78 Å². The molecule has 2 heterocycles. The number of nitrogens with one attached hydrogen (secondary N) is 2. The Morgan fingerprint density at radius 3 is 2.46 bits per heavy atom. The molecule has 0 aliphatic carbocycles. The number of para-hydroxylation sites is 1. The van der Waals surface area contributed by atoms with Crippen LogP contribution in [0.1, 0.15) is 41.8 Å². The fraction of sp³-hybridized carbons (Fsp3) is 0.462. The first-order chi connectivity index (χ1) is 16.8. The maximum atomic E-state index is 12.7. The Morgan fingerprint density at radius 1 is 1.06 bits per heavy atom. The molecule has 0 radical (unpaired) electrons. The van der Waals surface area contributed by atoms with Crippen molar-refractivity contribution in [2.75, 3.05) is 49.5 Å². The zero-order valence-corrected chi connectivity index (χ0v) is 21.0. The quantitative estimate of drug-likeness (QED) is 0.559. The minimum absolute atomic E-state index is 0.0757. The minimum atomic E-state index is -0.379. The van der Waals surface area contributed by atoms with Gasteiger partial charge in [0.25, 0.3) is 0 Å². The maximum Gasteiger partial charge on any atom is 0.339 e. The average Bonchev–Trinajstić information content (AvgIpc) is 3.11. The Labute approximate surface area is 206 Å². The van der Waals surface area contributed by atoms with Gasteiger partial charge < -0.3 is 20.3 Å². The van der Waals surface area contributed by atoms with Crippen molar-refractivity contribution in [3.8, 4) is 0 Å². The summed E-state index contributed by atoms with van der Waals surface area (Å²) < 4.78 is 5.01. The molecule has 9 heteroatoms. The normalized spacial score (nSPS) is 15.1. The summed E-state index contributed by atoms with van der Waals surface area (Å²) in [7, 11) is 0. The first kappa shape index (κ1) is 26.2. The third kappa shape index (κ3) is 7.02. The van der Waals surface area contributed by atoms with Gasteiger partial charge in [0.2, 0.25) is 11.8 Å². The van der Waals surface area contributed by atoms with E-state index in [2.05, 4.69) is 25.4 Å². The summed E-state index contributed by atoms with van der Waals surface area (Å²) in [4.78, 5) is 45.7. The van der Waals surface area contributed by atoms with E-state index >= 15 is 0 Å². The number of rotatable bonds is 8. The first-order valence-corrected chi connectivity index (χ1v) is 12.1. The number of ether oxygens (including phenoxy) is 1. The highest BCUT2D eigenvalue weighted by Gasteiger charge is 2.25. The molecule has 1 aromatic carbocycles. The van der Waals surface area contributed by atoms with Crippen molar-refractivity contribution in [3.05, 3.63) is 53.2 Å². The molecule has 1 atom stereocenters. The van der Waals surface area contributed by atoms with E-state index in [-0.39, 0.29) is 30.4 Å². The average molecular weight is 482 g/mol. The van der Waals surface area contributed by atoms with Gasteiger partial charge >= 0.3 is 5.97 Å². The zero-order chi connectivity index (χ0) is 25.4. The number of hydrogen-bond donors (Lipinski definition) is 2. The van der Waals surface area contributed by atoms with Gasteiger partial charge in [-0.15, -0.1) is 0 Å². The predicted octanol–water partition coefficient (Wildman–Crippen LogP) is 2.53. The molecule has 1 fully saturated rings. The molecule has 1 aliphatic heterocycles. The van der Waals surface area contributed by atoms with E-state index < -0.39 is 0 Å². The van der Waals surface area contributed by atoms with Crippen LogP contribution in [0, 0.1) is 13.8 Å². The van der Waals surface area contributed by atoms with Crippen LogP contribution < -0.4 is 15.5 Å². The van der Waals surface area contributed by atoms with Crippen molar-refractivity contribution in [2.24, 2.45) is 0 Å². The second-order valence-electron chi connectivity index (χ2n) is 8.71.